The summed E-state index contributed by atoms with van der Waals surface area (Å²) in [6.07, 6.45) is -3.22. The maximum Gasteiger partial charge on any atom is 0.420 e. The third-order valence-electron chi connectivity index (χ3n) is 6.27. The summed E-state index contributed by atoms with van der Waals surface area (Å²) in [5.74, 6) is -1.76. The molecule has 0 aliphatic carbocycles. The van der Waals surface area contributed by atoms with E-state index >= 15 is 0 Å². The number of nitrogens with one attached hydrogen (secondary N) is 1. The third kappa shape index (κ3) is 5.50. The number of anilines is 1. The zero-order chi connectivity index (χ0) is 27.5. The highest BCUT2D eigenvalue weighted by Crippen LogP contribution is 2.34. The fourth-order valence-electron chi connectivity index (χ4n) is 4.32. The van der Waals surface area contributed by atoms with E-state index in [9.17, 15) is 27.5 Å². The number of aromatic nitrogens is 2. The van der Waals surface area contributed by atoms with Gasteiger partial charge in [0.15, 0.2) is 5.60 Å². The number of aliphatic hydroxyl groups is 1. The molecule has 0 radical (unpaired) electrons. The zero-order valence-corrected chi connectivity index (χ0v) is 21.0. The van der Waals surface area contributed by atoms with E-state index < -0.39 is 36.6 Å². The van der Waals surface area contributed by atoms with Crippen molar-refractivity contribution < 1.29 is 27.5 Å². The van der Waals surface area contributed by atoms with Gasteiger partial charge in [0.25, 0.3) is 5.91 Å². The lowest BCUT2D eigenvalue weighted by atomic mass is 10.0. The first-order chi connectivity index (χ1) is 18.0. The van der Waals surface area contributed by atoms with E-state index in [0.717, 1.165) is 22.2 Å². The molecule has 2 N–H and O–H groups in total. The van der Waals surface area contributed by atoms with Crippen LogP contribution in [0.2, 0.25) is 0 Å². The molecule has 38 heavy (non-hydrogen) atoms. The number of aryl methyl sites for hydroxylation is 1. The molecule has 4 rings (SSSR count). The van der Waals surface area contributed by atoms with Crippen LogP contribution in [0.15, 0.2) is 72.9 Å². The summed E-state index contributed by atoms with van der Waals surface area (Å²) >= 11 is 0. The Labute approximate surface area is 217 Å². The largest absolute Gasteiger partial charge is 0.420 e. The van der Waals surface area contributed by atoms with Crippen molar-refractivity contribution in [2.24, 2.45) is 0 Å². The Balaban J connectivity index is 1.64. The Morgan fingerprint density at radius 1 is 1.08 bits per heavy atom. The topological polar surface area (TPSA) is 70.4 Å². The highest BCUT2D eigenvalue weighted by Gasteiger charge is 2.55. The molecule has 0 aliphatic heterocycles. The second kappa shape index (κ2) is 10.8. The highest BCUT2D eigenvalue weighted by molar-refractivity contribution is 5.95. The normalized spacial score (nSPS) is 13.3. The molecule has 200 valence electrons. The summed E-state index contributed by atoms with van der Waals surface area (Å²) in [7, 11) is 0. The van der Waals surface area contributed by atoms with Crippen LogP contribution in [0.25, 0.3) is 16.6 Å². The zero-order valence-electron chi connectivity index (χ0n) is 21.0. The summed E-state index contributed by atoms with van der Waals surface area (Å²) in [6, 6.07) is 17.9. The lowest BCUT2D eigenvalue weighted by molar-refractivity contribution is -0.257. The average molecular weight is 529 g/mol. The number of rotatable bonds is 9. The lowest BCUT2D eigenvalue weighted by Crippen LogP contribution is -2.58. The predicted molar refractivity (Wildman–Crippen MR) is 138 cm³/mol. The van der Waals surface area contributed by atoms with Gasteiger partial charge < -0.3 is 15.3 Å². The van der Waals surface area contributed by atoms with Gasteiger partial charge in [0.1, 0.15) is 5.82 Å². The molecule has 1 heterocycles. The molecular formula is C28H28F4N4O2. The number of fused-ring (bicyclic) bond motifs is 1. The molecule has 6 nitrogen and oxygen atoms in total. The summed E-state index contributed by atoms with van der Waals surface area (Å²) in [5.41, 5.74) is -1.08. The van der Waals surface area contributed by atoms with Crippen molar-refractivity contribution in [2.75, 3.05) is 25.0 Å². The summed E-state index contributed by atoms with van der Waals surface area (Å²) in [6.45, 7) is 1.39. The maximum absolute atomic E-state index is 14.3. The van der Waals surface area contributed by atoms with Gasteiger partial charge in [0.2, 0.25) is 0 Å². The molecule has 0 bridgehead atoms. The number of benzene rings is 3. The Bertz CT molecular complexity index is 1420. The second-order valence-electron chi connectivity index (χ2n) is 9.23. The van der Waals surface area contributed by atoms with Gasteiger partial charge in [-0.1, -0.05) is 37.3 Å². The number of carbonyl (C=O) groups is 1. The molecule has 0 spiro atoms. The van der Waals surface area contributed by atoms with Crippen LogP contribution in [-0.4, -0.2) is 57.1 Å². The second-order valence-corrected chi connectivity index (χ2v) is 9.23. The first-order valence-electron chi connectivity index (χ1n) is 12.1. The molecule has 1 amide bonds. The fraction of sp³-hybridized carbons (Fsp3) is 0.286. The van der Waals surface area contributed by atoms with Gasteiger partial charge in [0.05, 0.1) is 36.1 Å². The number of nitrogens with zero attached hydrogens (tertiary/aromatic N) is 3. The Morgan fingerprint density at radius 2 is 1.76 bits per heavy atom. The molecule has 0 saturated heterocycles. The highest BCUT2D eigenvalue weighted by atomic mass is 19.4. The van der Waals surface area contributed by atoms with Crippen molar-refractivity contribution in [3.05, 3.63) is 89.9 Å². The van der Waals surface area contributed by atoms with Crippen LogP contribution in [0.5, 0.6) is 0 Å². The number of hydrogen-bond acceptors (Lipinski definition) is 4. The summed E-state index contributed by atoms with van der Waals surface area (Å²) < 4.78 is 58.7. The summed E-state index contributed by atoms with van der Waals surface area (Å²) in [4.78, 5) is 13.8. The minimum absolute atomic E-state index is 0.0932. The Hall–Kier alpha value is -3.92. The fourth-order valence-corrected chi connectivity index (χ4v) is 4.32. The van der Waals surface area contributed by atoms with Crippen LogP contribution in [0.4, 0.5) is 23.2 Å². The van der Waals surface area contributed by atoms with E-state index in [2.05, 4.69) is 10.4 Å². The maximum atomic E-state index is 14.3. The minimum Gasteiger partial charge on any atom is -0.381 e. The molecule has 0 aliphatic rings. The third-order valence-corrected chi connectivity index (χ3v) is 6.27. The van der Waals surface area contributed by atoms with Crippen molar-refractivity contribution in [1.29, 1.82) is 0 Å². The average Bonchev–Trinajstić information content (AvgIpc) is 3.30. The first-order valence-corrected chi connectivity index (χ1v) is 12.1. The molecule has 1 unspecified atom stereocenters. The number of carbonyl (C=O) groups excluding carboxylic acids is 1. The molecule has 3 aromatic carbocycles. The van der Waals surface area contributed by atoms with E-state index in [4.69, 9.17) is 0 Å². The van der Waals surface area contributed by atoms with Gasteiger partial charge in [-0.2, -0.15) is 18.3 Å². The number of para-hydroxylation sites is 1. The molecular weight excluding hydrogens is 500 g/mol. The van der Waals surface area contributed by atoms with Crippen LogP contribution in [-0.2, 0) is 0 Å². The smallest absolute Gasteiger partial charge is 0.381 e. The van der Waals surface area contributed by atoms with Crippen LogP contribution < -0.4 is 5.32 Å². The summed E-state index contributed by atoms with van der Waals surface area (Å²) in [5, 5.41) is 18.6. The van der Waals surface area contributed by atoms with Crippen molar-refractivity contribution in [3.8, 4) is 5.69 Å². The predicted octanol–water partition coefficient (Wildman–Crippen LogP) is 5.73. The number of hydrogen-bond donors (Lipinski definition) is 2. The van der Waals surface area contributed by atoms with E-state index in [1.807, 2.05) is 36.4 Å². The van der Waals surface area contributed by atoms with Crippen LogP contribution in [0, 0.1) is 12.7 Å². The lowest BCUT2D eigenvalue weighted by Gasteiger charge is -2.36. The molecule has 0 fully saturated rings. The van der Waals surface area contributed by atoms with Crippen molar-refractivity contribution in [3.63, 3.8) is 0 Å². The van der Waals surface area contributed by atoms with Gasteiger partial charge in [-0.3, -0.25) is 4.79 Å². The number of halogens is 4. The number of amides is 1. The van der Waals surface area contributed by atoms with E-state index in [1.165, 1.54) is 18.2 Å². The van der Waals surface area contributed by atoms with Crippen molar-refractivity contribution in [2.45, 2.75) is 32.0 Å². The van der Waals surface area contributed by atoms with Crippen LogP contribution in [0.1, 0.15) is 29.3 Å². The molecule has 10 heteroatoms. The van der Waals surface area contributed by atoms with Gasteiger partial charge in [0, 0.05) is 17.6 Å². The van der Waals surface area contributed by atoms with Crippen molar-refractivity contribution >= 4 is 22.5 Å². The molecule has 4 aromatic rings. The Morgan fingerprint density at radius 3 is 2.42 bits per heavy atom. The SMILES string of the molecule is CCCN(CC(O)(CNc1cc(C)cc2c1cnn2-c1ccccc1)C(F)(F)F)C(=O)c1ccccc1F. The minimum atomic E-state index is -5.08. The quantitative estimate of drug-likeness (QED) is 0.272. The monoisotopic (exact) mass is 528 g/mol. The van der Waals surface area contributed by atoms with E-state index in [0.29, 0.717) is 23.0 Å². The first kappa shape index (κ1) is 27.1. The Kier molecular flexibility index (Phi) is 7.73. The van der Waals surface area contributed by atoms with Gasteiger partial charge in [-0.15, -0.1) is 0 Å². The molecule has 1 aromatic heterocycles. The van der Waals surface area contributed by atoms with Gasteiger partial charge in [-0.05, 0) is 55.3 Å². The van der Waals surface area contributed by atoms with Gasteiger partial charge >= 0.3 is 6.18 Å². The van der Waals surface area contributed by atoms with Crippen molar-refractivity contribution in [1.82, 2.24) is 14.7 Å². The van der Waals surface area contributed by atoms with Crippen LogP contribution in [0.3, 0.4) is 0 Å². The van der Waals surface area contributed by atoms with Crippen LogP contribution >= 0.6 is 0 Å². The molecule has 0 saturated carbocycles. The standard InChI is InChI=1S/C28H28F4N4O2/c1-3-13-35(26(37)21-11-7-8-12-23(21)29)18-27(38,28(30,31)32)17-33-24-14-19(2)15-25-22(24)16-34-36(25)20-9-5-4-6-10-20/h4-12,14-16,33,38H,3,13,17-18H2,1-2H3. The number of alkyl halides is 3. The van der Waals surface area contributed by atoms with E-state index in [-0.39, 0.29) is 12.1 Å². The van der Waals surface area contributed by atoms with E-state index in [1.54, 1.807) is 30.8 Å². The van der Waals surface area contributed by atoms with Gasteiger partial charge in [-0.25, -0.2) is 9.07 Å². The molecule has 1 atom stereocenters.